The summed E-state index contributed by atoms with van der Waals surface area (Å²) in [5.74, 6) is 0. The normalized spacial score (nSPS) is 13.9. The van der Waals surface area contributed by atoms with E-state index in [1.54, 1.807) is 24.3 Å². The maximum absolute atomic E-state index is 12.6. The molecule has 0 saturated heterocycles. The van der Waals surface area contributed by atoms with Gasteiger partial charge in [0.2, 0.25) is 0 Å². The fourth-order valence-corrected chi connectivity index (χ4v) is 4.65. The van der Waals surface area contributed by atoms with Gasteiger partial charge in [-0.2, -0.15) is 8.42 Å². The third-order valence-electron chi connectivity index (χ3n) is 5.21. The molecule has 0 bridgehead atoms. The number of benzene rings is 3. The molecule has 1 aromatic heterocycles. The van der Waals surface area contributed by atoms with Crippen LogP contribution in [0.15, 0.2) is 90.0 Å². The van der Waals surface area contributed by atoms with Crippen LogP contribution in [0.1, 0.15) is 17.2 Å². The second-order valence-corrected chi connectivity index (χ2v) is 9.45. The Bertz CT molecular complexity index is 1280. The predicted molar refractivity (Wildman–Crippen MR) is 122 cm³/mol. The fourth-order valence-electron chi connectivity index (χ4n) is 3.60. The predicted octanol–water partition coefficient (Wildman–Crippen LogP) is 4.96. The highest BCUT2D eigenvalue weighted by Gasteiger charge is 2.27. The SMILES string of the molecule is Cc1ccc(S(=O)(=O)OC[C@@H](O)[C@H](c2ccc(Cl)cc2)n2ccc3ccccc32)cc1. The van der Waals surface area contributed by atoms with Crippen molar-refractivity contribution in [2.24, 2.45) is 0 Å². The third kappa shape index (κ3) is 4.67. The number of fused-ring (bicyclic) bond motifs is 1. The van der Waals surface area contributed by atoms with Crippen LogP contribution < -0.4 is 0 Å². The molecule has 0 unspecified atom stereocenters. The number of aliphatic hydroxyl groups is 1. The standard InChI is InChI=1S/C24H22ClNO4S/c1-17-6-12-21(13-7-17)31(28,29)30-16-23(27)24(19-8-10-20(25)11-9-19)26-15-14-18-4-2-3-5-22(18)26/h2-15,23-24,27H,16H2,1H3/t23-,24+/m1/s1. The lowest BCUT2D eigenvalue weighted by molar-refractivity contribution is 0.0785. The van der Waals surface area contributed by atoms with Crippen molar-refractivity contribution in [3.63, 3.8) is 0 Å². The van der Waals surface area contributed by atoms with Crippen molar-refractivity contribution in [1.82, 2.24) is 4.57 Å². The molecule has 3 aromatic carbocycles. The Kier molecular flexibility index (Phi) is 6.16. The van der Waals surface area contributed by atoms with Crippen molar-refractivity contribution in [2.45, 2.75) is 24.0 Å². The highest BCUT2D eigenvalue weighted by atomic mass is 35.5. The Morgan fingerprint density at radius 2 is 1.65 bits per heavy atom. The van der Waals surface area contributed by atoms with Gasteiger partial charge in [0.15, 0.2) is 0 Å². The first-order valence-corrected chi connectivity index (χ1v) is 11.6. The number of aliphatic hydroxyl groups excluding tert-OH is 1. The van der Waals surface area contributed by atoms with Gasteiger partial charge in [-0.3, -0.25) is 4.18 Å². The lowest BCUT2D eigenvalue weighted by Gasteiger charge is -2.26. The molecular weight excluding hydrogens is 434 g/mol. The van der Waals surface area contributed by atoms with E-state index < -0.39 is 28.9 Å². The van der Waals surface area contributed by atoms with Crippen molar-refractivity contribution in [1.29, 1.82) is 0 Å². The van der Waals surface area contributed by atoms with Gasteiger partial charge in [0.25, 0.3) is 10.1 Å². The van der Waals surface area contributed by atoms with Crippen LogP contribution in [0.2, 0.25) is 5.02 Å². The van der Waals surface area contributed by atoms with Crippen LogP contribution in [-0.2, 0) is 14.3 Å². The number of para-hydroxylation sites is 1. The molecule has 0 aliphatic heterocycles. The summed E-state index contributed by atoms with van der Waals surface area (Å²) >= 11 is 6.04. The zero-order chi connectivity index (χ0) is 22.0. The van der Waals surface area contributed by atoms with E-state index in [1.807, 2.05) is 60.2 Å². The molecule has 1 N–H and O–H groups in total. The van der Waals surface area contributed by atoms with Gasteiger partial charge in [-0.25, -0.2) is 0 Å². The first-order valence-electron chi connectivity index (χ1n) is 9.80. The van der Waals surface area contributed by atoms with E-state index in [9.17, 15) is 13.5 Å². The van der Waals surface area contributed by atoms with Crippen LogP contribution >= 0.6 is 11.6 Å². The van der Waals surface area contributed by atoms with Crippen molar-refractivity contribution in [3.8, 4) is 0 Å². The Labute approximate surface area is 186 Å². The Hall–Kier alpha value is -2.64. The van der Waals surface area contributed by atoms with Crippen molar-refractivity contribution in [3.05, 3.63) is 101 Å². The lowest BCUT2D eigenvalue weighted by Crippen LogP contribution is -2.30. The number of hydrogen-bond acceptors (Lipinski definition) is 4. The van der Waals surface area contributed by atoms with Gasteiger partial charge < -0.3 is 9.67 Å². The van der Waals surface area contributed by atoms with Gasteiger partial charge in [-0.05, 0) is 54.3 Å². The minimum Gasteiger partial charge on any atom is -0.388 e. The van der Waals surface area contributed by atoms with E-state index in [1.165, 1.54) is 12.1 Å². The Morgan fingerprint density at radius 3 is 2.35 bits per heavy atom. The van der Waals surface area contributed by atoms with Crippen LogP contribution in [-0.4, -0.2) is 30.8 Å². The summed E-state index contributed by atoms with van der Waals surface area (Å²) in [4.78, 5) is 0.0553. The van der Waals surface area contributed by atoms with Crippen molar-refractivity contribution >= 4 is 32.6 Å². The second kappa shape index (κ2) is 8.85. The lowest BCUT2D eigenvalue weighted by atomic mass is 10.0. The van der Waals surface area contributed by atoms with Crippen LogP contribution in [0.3, 0.4) is 0 Å². The molecule has 0 saturated carbocycles. The summed E-state index contributed by atoms with van der Waals surface area (Å²) in [5.41, 5.74) is 2.65. The molecule has 0 amide bonds. The summed E-state index contributed by atoms with van der Waals surface area (Å²) in [6.45, 7) is 1.48. The van der Waals surface area contributed by atoms with E-state index in [0.717, 1.165) is 22.0 Å². The van der Waals surface area contributed by atoms with Gasteiger partial charge in [0, 0.05) is 16.7 Å². The molecule has 160 valence electrons. The smallest absolute Gasteiger partial charge is 0.297 e. The van der Waals surface area contributed by atoms with Crippen LogP contribution in [0.4, 0.5) is 0 Å². The van der Waals surface area contributed by atoms with Crippen LogP contribution in [0.25, 0.3) is 10.9 Å². The second-order valence-electron chi connectivity index (χ2n) is 7.40. The molecule has 4 aromatic rings. The molecule has 5 nitrogen and oxygen atoms in total. The summed E-state index contributed by atoms with van der Waals surface area (Å²) in [7, 11) is -4.00. The average molecular weight is 456 g/mol. The number of aryl methyl sites for hydroxylation is 1. The fraction of sp³-hybridized carbons (Fsp3) is 0.167. The zero-order valence-electron chi connectivity index (χ0n) is 16.9. The Balaban J connectivity index is 1.65. The number of halogens is 1. The Morgan fingerprint density at radius 1 is 0.968 bits per heavy atom. The van der Waals surface area contributed by atoms with E-state index in [2.05, 4.69) is 0 Å². The first kappa shape index (κ1) is 21.6. The van der Waals surface area contributed by atoms with Gasteiger partial charge in [-0.15, -0.1) is 0 Å². The van der Waals surface area contributed by atoms with Gasteiger partial charge in [0.1, 0.15) is 6.10 Å². The minimum atomic E-state index is -4.00. The molecule has 1 heterocycles. The summed E-state index contributed by atoms with van der Waals surface area (Å²) < 4.78 is 32.3. The topological polar surface area (TPSA) is 68.5 Å². The summed E-state index contributed by atoms with van der Waals surface area (Å²) in [6, 6.07) is 22.7. The minimum absolute atomic E-state index is 0.0553. The van der Waals surface area contributed by atoms with E-state index in [-0.39, 0.29) is 4.90 Å². The molecule has 0 spiro atoms. The molecule has 2 atom stereocenters. The number of hydrogen-bond donors (Lipinski definition) is 1. The van der Waals surface area contributed by atoms with Gasteiger partial charge in [-0.1, -0.05) is 59.6 Å². The molecule has 0 radical (unpaired) electrons. The van der Waals surface area contributed by atoms with Crippen LogP contribution in [0.5, 0.6) is 0 Å². The maximum Gasteiger partial charge on any atom is 0.297 e. The van der Waals surface area contributed by atoms with E-state index >= 15 is 0 Å². The van der Waals surface area contributed by atoms with Gasteiger partial charge >= 0.3 is 0 Å². The highest BCUT2D eigenvalue weighted by Crippen LogP contribution is 2.29. The van der Waals surface area contributed by atoms with Gasteiger partial charge in [0.05, 0.1) is 17.5 Å². The zero-order valence-corrected chi connectivity index (χ0v) is 18.4. The van der Waals surface area contributed by atoms with E-state index in [0.29, 0.717) is 5.02 Å². The largest absolute Gasteiger partial charge is 0.388 e. The van der Waals surface area contributed by atoms with Crippen molar-refractivity contribution < 1.29 is 17.7 Å². The number of nitrogens with zero attached hydrogens (tertiary/aromatic N) is 1. The third-order valence-corrected chi connectivity index (χ3v) is 6.76. The average Bonchev–Trinajstić information content (AvgIpc) is 3.18. The van der Waals surface area contributed by atoms with Crippen LogP contribution in [0, 0.1) is 6.92 Å². The summed E-state index contributed by atoms with van der Waals surface area (Å²) in [5, 5.41) is 12.7. The first-order chi connectivity index (χ1) is 14.8. The van der Waals surface area contributed by atoms with Crippen molar-refractivity contribution in [2.75, 3.05) is 6.61 Å². The maximum atomic E-state index is 12.6. The molecular formula is C24H22ClNO4S. The molecule has 31 heavy (non-hydrogen) atoms. The molecule has 0 aliphatic carbocycles. The number of aromatic nitrogens is 1. The summed E-state index contributed by atoms with van der Waals surface area (Å²) in [6.07, 6.45) is 0.749. The quantitative estimate of drug-likeness (QED) is 0.400. The molecule has 0 fully saturated rings. The van der Waals surface area contributed by atoms with E-state index in [4.69, 9.17) is 15.8 Å². The molecule has 4 rings (SSSR count). The monoisotopic (exact) mass is 455 g/mol. The molecule has 0 aliphatic rings. The highest BCUT2D eigenvalue weighted by molar-refractivity contribution is 7.86. The molecule has 7 heteroatoms. The number of rotatable bonds is 7.